The van der Waals surface area contributed by atoms with Crippen molar-refractivity contribution in [3.05, 3.63) is 12.5 Å². The maximum absolute atomic E-state index is 11.3. The average molecular weight is 195 g/mol. The second kappa shape index (κ2) is 4.23. The number of nitrogens with zero attached hydrogens (tertiary/aromatic N) is 1. The Morgan fingerprint density at radius 3 is 3.14 bits per heavy atom. The fourth-order valence-corrected chi connectivity index (χ4v) is 1.18. The molecule has 1 aliphatic rings. The van der Waals surface area contributed by atoms with Crippen LogP contribution in [-0.4, -0.2) is 24.2 Å². The van der Waals surface area contributed by atoms with Crippen LogP contribution in [0.3, 0.4) is 0 Å². The quantitative estimate of drug-likeness (QED) is 0.722. The minimum absolute atomic E-state index is 0.0612. The van der Waals surface area contributed by atoms with Gasteiger partial charge in [0, 0.05) is 0 Å². The predicted molar refractivity (Wildman–Crippen MR) is 50.7 cm³/mol. The van der Waals surface area contributed by atoms with Crippen LogP contribution < -0.4 is 10.6 Å². The third kappa shape index (κ3) is 2.85. The summed E-state index contributed by atoms with van der Waals surface area (Å²) in [5.74, 6) is 0.729. The van der Waals surface area contributed by atoms with Crippen molar-refractivity contribution in [2.24, 2.45) is 5.92 Å². The molecular formula is C9H13N3O2. The summed E-state index contributed by atoms with van der Waals surface area (Å²) in [6, 6.07) is 0. The van der Waals surface area contributed by atoms with E-state index in [1.807, 2.05) is 0 Å². The maximum atomic E-state index is 11.3. The van der Waals surface area contributed by atoms with Crippen LogP contribution in [0.25, 0.3) is 0 Å². The largest absolute Gasteiger partial charge is 0.363 e. The molecule has 1 heterocycles. The van der Waals surface area contributed by atoms with Gasteiger partial charge in [-0.05, 0) is 25.3 Å². The molecule has 0 bridgehead atoms. The molecule has 0 spiro atoms. The summed E-state index contributed by atoms with van der Waals surface area (Å²) in [7, 11) is 0. The van der Waals surface area contributed by atoms with Crippen molar-refractivity contribution < 1.29 is 9.32 Å². The van der Waals surface area contributed by atoms with Gasteiger partial charge in [0.1, 0.15) is 12.0 Å². The number of hydrogen-bond acceptors (Lipinski definition) is 4. The van der Waals surface area contributed by atoms with Gasteiger partial charge in [-0.2, -0.15) is 0 Å². The van der Waals surface area contributed by atoms with Gasteiger partial charge in [-0.3, -0.25) is 4.79 Å². The molecule has 1 saturated carbocycles. The van der Waals surface area contributed by atoms with Gasteiger partial charge in [0.15, 0.2) is 0 Å². The first kappa shape index (κ1) is 9.21. The lowest BCUT2D eigenvalue weighted by Gasteiger charge is -2.02. The molecule has 1 fully saturated rings. The number of carbonyl (C=O) groups excluding carboxylic acids is 1. The van der Waals surface area contributed by atoms with Gasteiger partial charge in [0.05, 0.1) is 12.7 Å². The molecule has 1 aromatic rings. The summed E-state index contributed by atoms with van der Waals surface area (Å²) in [6.07, 6.45) is 5.46. The van der Waals surface area contributed by atoms with Gasteiger partial charge in [-0.25, -0.2) is 0 Å². The van der Waals surface area contributed by atoms with Gasteiger partial charge in [-0.15, -0.1) is 0 Å². The van der Waals surface area contributed by atoms with E-state index in [-0.39, 0.29) is 5.91 Å². The zero-order valence-electron chi connectivity index (χ0n) is 7.82. The van der Waals surface area contributed by atoms with E-state index in [9.17, 15) is 4.79 Å². The lowest BCUT2D eigenvalue weighted by molar-refractivity contribution is -0.115. The lowest BCUT2D eigenvalue weighted by Crippen LogP contribution is -2.29. The van der Waals surface area contributed by atoms with Crippen molar-refractivity contribution in [3.8, 4) is 0 Å². The molecule has 0 atom stereocenters. The first-order valence-corrected chi connectivity index (χ1v) is 4.74. The molecule has 0 aromatic carbocycles. The molecule has 1 aliphatic carbocycles. The van der Waals surface area contributed by atoms with Gasteiger partial charge >= 0.3 is 0 Å². The summed E-state index contributed by atoms with van der Waals surface area (Å²) >= 11 is 0. The standard InChI is InChI=1S/C9H13N3O2/c13-9(5-10-3-7-1-2-7)12-8-4-11-14-6-8/h4,6-7,10H,1-3,5H2,(H,12,13). The molecule has 1 amide bonds. The Kier molecular flexibility index (Phi) is 2.78. The van der Waals surface area contributed by atoms with Gasteiger partial charge in [0.2, 0.25) is 5.91 Å². The highest BCUT2D eigenvalue weighted by molar-refractivity contribution is 5.91. The van der Waals surface area contributed by atoms with Crippen LogP contribution in [0.1, 0.15) is 12.8 Å². The monoisotopic (exact) mass is 195 g/mol. The fourth-order valence-electron chi connectivity index (χ4n) is 1.18. The van der Waals surface area contributed by atoms with Crippen LogP contribution in [0.4, 0.5) is 5.69 Å². The number of nitrogens with one attached hydrogen (secondary N) is 2. The molecule has 2 rings (SSSR count). The lowest BCUT2D eigenvalue weighted by atomic mass is 10.4. The molecular weight excluding hydrogens is 182 g/mol. The molecule has 76 valence electrons. The van der Waals surface area contributed by atoms with Crippen molar-refractivity contribution in [2.75, 3.05) is 18.4 Å². The van der Waals surface area contributed by atoms with E-state index in [4.69, 9.17) is 0 Å². The van der Waals surface area contributed by atoms with Gasteiger partial charge in [0.25, 0.3) is 0 Å². The third-order valence-corrected chi connectivity index (χ3v) is 2.13. The SMILES string of the molecule is O=C(CNCC1CC1)Nc1cnoc1. The molecule has 0 radical (unpaired) electrons. The van der Waals surface area contributed by atoms with Crippen LogP contribution in [-0.2, 0) is 4.79 Å². The molecule has 5 heteroatoms. The van der Waals surface area contributed by atoms with Crippen LogP contribution in [0.5, 0.6) is 0 Å². The zero-order chi connectivity index (χ0) is 9.80. The third-order valence-electron chi connectivity index (χ3n) is 2.13. The Bertz CT molecular complexity index is 293. The minimum atomic E-state index is -0.0612. The number of carbonyl (C=O) groups is 1. The van der Waals surface area contributed by atoms with Crippen LogP contribution in [0, 0.1) is 5.92 Å². The summed E-state index contributed by atoms with van der Waals surface area (Å²) < 4.78 is 4.58. The van der Waals surface area contributed by atoms with Crippen LogP contribution in [0.2, 0.25) is 0 Å². The summed E-state index contributed by atoms with van der Waals surface area (Å²) in [6.45, 7) is 1.29. The number of hydrogen-bond donors (Lipinski definition) is 2. The topological polar surface area (TPSA) is 67.2 Å². The average Bonchev–Trinajstić information content (AvgIpc) is 2.83. The zero-order valence-corrected chi connectivity index (χ0v) is 7.82. The molecule has 14 heavy (non-hydrogen) atoms. The number of anilines is 1. The van der Waals surface area contributed by atoms with E-state index >= 15 is 0 Å². The van der Waals surface area contributed by atoms with Crippen molar-refractivity contribution >= 4 is 11.6 Å². The Morgan fingerprint density at radius 1 is 1.64 bits per heavy atom. The molecule has 0 aliphatic heterocycles. The summed E-state index contributed by atoms with van der Waals surface area (Å²) in [4.78, 5) is 11.3. The van der Waals surface area contributed by atoms with Gasteiger partial charge < -0.3 is 15.2 Å². The van der Waals surface area contributed by atoms with E-state index < -0.39 is 0 Å². The number of amides is 1. The second-order valence-electron chi connectivity index (χ2n) is 3.54. The minimum Gasteiger partial charge on any atom is -0.363 e. The molecule has 1 aromatic heterocycles. The highest BCUT2D eigenvalue weighted by Gasteiger charge is 2.20. The van der Waals surface area contributed by atoms with E-state index in [2.05, 4.69) is 20.3 Å². The summed E-state index contributed by atoms with van der Waals surface area (Å²) in [5.41, 5.74) is 0.600. The van der Waals surface area contributed by atoms with Crippen LogP contribution >= 0.6 is 0 Å². The Labute approximate surface area is 81.8 Å². The predicted octanol–water partition coefficient (Wildman–Crippen LogP) is 0.613. The smallest absolute Gasteiger partial charge is 0.238 e. The highest BCUT2D eigenvalue weighted by atomic mass is 16.5. The van der Waals surface area contributed by atoms with E-state index in [0.29, 0.717) is 12.2 Å². The Morgan fingerprint density at radius 2 is 2.50 bits per heavy atom. The molecule has 5 nitrogen and oxygen atoms in total. The van der Waals surface area contributed by atoms with Crippen molar-refractivity contribution in [1.82, 2.24) is 10.5 Å². The Balaban J connectivity index is 1.62. The van der Waals surface area contributed by atoms with Gasteiger partial charge in [-0.1, -0.05) is 5.16 Å². The van der Waals surface area contributed by atoms with Crippen molar-refractivity contribution in [3.63, 3.8) is 0 Å². The number of rotatable bonds is 5. The maximum Gasteiger partial charge on any atom is 0.238 e. The highest BCUT2D eigenvalue weighted by Crippen LogP contribution is 2.27. The fraction of sp³-hybridized carbons (Fsp3) is 0.556. The molecule has 0 unspecified atom stereocenters. The number of aromatic nitrogens is 1. The first-order valence-electron chi connectivity index (χ1n) is 4.74. The molecule has 2 N–H and O–H groups in total. The Hall–Kier alpha value is -1.36. The van der Waals surface area contributed by atoms with E-state index in [1.165, 1.54) is 25.3 Å². The first-order chi connectivity index (χ1) is 6.84. The molecule has 0 saturated heterocycles. The summed E-state index contributed by atoms with van der Waals surface area (Å²) in [5, 5.41) is 9.24. The van der Waals surface area contributed by atoms with E-state index in [1.54, 1.807) is 0 Å². The normalized spacial score (nSPS) is 15.4. The van der Waals surface area contributed by atoms with E-state index in [0.717, 1.165) is 12.5 Å². The van der Waals surface area contributed by atoms with Crippen LogP contribution in [0.15, 0.2) is 17.0 Å². The van der Waals surface area contributed by atoms with Crippen molar-refractivity contribution in [2.45, 2.75) is 12.8 Å². The van der Waals surface area contributed by atoms with Crippen molar-refractivity contribution in [1.29, 1.82) is 0 Å². The second-order valence-corrected chi connectivity index (χ2v) is 3.54.